The number of nitrogens with one attached hydrogen (secondary N) is 1. The Morgan fingerprint density at radius 3 is 2.63 bits per heavy atom. The summed E-state index contributed by atoms with van der Waals surface area (Å²) in [6.07, 6.45) is 5.78. The predicted molar refractivity (Wildman–Crippen MR) is 79.2 cm³/mol. The first-order valence-electron chi connectivity index (χ1n) is 6.59. The van der Waals surface area contributed by atoms with E-state index in [0.29, 0.717) is 5.69 Å². The molecule has 3 N–H and O–H groups in total. The Morgan fingerprint density at radius 1 is 1.53 bits per heavy atom. The number of amides is 1. The fraction of sp³-hybridized carbons (Fsp3) is 0.692. The van der Waals surface area contributed by atoms with Crippen LogP contribution in [0.3, 0.4) is 0 Å². The van der Waals surface area contributed by atoms with Gasteiger partial charge in [-0.1, -0.05) is 6.42 Å². The van der Waals surface area contributed by atoms with Gasteiger partial charge in [0.25, 0.3) is 0 Å². The molecule has 0 spiro atoms. The van der Waals surface area contributed by atoms with Gasteiger partial charge in [0, 0.05) is 11.3 Å². The number of aromatic nitrogens is 2. The minimum Gasteiger partial charge on any atom is -0.396 e. The number of hydrogen-bond acceptors (Lipinski definition) is 4. The number of nitrogen functional groups attached to an aromatic ring is 1. The largest absolute Gasteiger partial charge is 0.396 e. The third kappa shape index (κ3) is 2.88. The molecule has 2 rings (SSSR count). The molecule has 1 fully saturated rings. The number of rotatable bonds is 5. The molecule has 1 amide bonds. The summed E-state index contributed by atoms with van der Waals surface area (Å²) in [4.78, 5) is 12.0. The van der Waals surface area contributed by atoms with Crippen LogP contribution in [0.2, 0.25) is 0 Å². The van der Waals surface area contributed by atoms with Crippen molar-refractivity contribution in [2.24, 2.45) is 0 Å². The second kappa shape index (κ2) is 5.45. The maximum absolute atomic E-state index is 12.0. The summed E-state index contributed by atoms with van der Waals surface area (Å²) in [5.74, 6) is 0.00549. The van der Waals surface area contributed by atoms with E-state index in [-0.39, 0.29) is 17.2 Å². The first-order chi connectivity index (χ1) is 8.97. The summed E-state index contributed by atoms with van der Waals surface area (Å²) >= 11 is 1.86. The van der Waals surface area contributed by atoms with Crippen LogP contribution in [0.1, 0.15) is 30.7 Å². The molecule has 106 valence electrons. The van der Waals surface area contributed by atoms with Crippen LogP contribution in [-0.4, -0.2) is 33.2 Å². The molecule has 1 aromatic heterocycles. The number of anilines is 1. The molecule has 1 aliphatic carbocycles. The lowest BCUT2D eigenvalue weighted by Gasteiger charge is -2.40. The normalized spacial score (nSPS) is 17.0. The van der Waals surface area contributed by atoms with Crippen LogP contribution in [0.25, 0.3) is 0 Å². The second-order valence-corrected chi connectivity index (χ2v) is 6.53. The van der Waals surface area contributed by atoms with Gasteiger partial charge < -0.3 is 11.1 Å². The lowest BCUT2D eigenvalue weighted by molar-refractivity contribution is -0.122. The van der Waals surface area contributed by atoms with Gasteiger partial charge in [-0.2, -0.15) is 16.9 Å². The number of carbonyl (C=O) groups excluding carboxylic acids is 1. The molecule has 6 heteroatoms. The molecule has 0 saturated heterocycles. The molecule has 1 aliphatic rings. The fourth-order valence-corrected chi connectivity index (χ4v) is 3.25. The highest BCUT2D eigenvalue weighted by molar-refractivity contribution is 8.00. The number of carbonyl (C=O) groups is 1. The highest BCUT2D eigenvalue weighted by Gasteiger charge is 2.36. The summed E-state index contributed by atoms with van der Waals surface area (Å²) < 4.78 is 1.94. The molecule has 0 unspecified atom stereocenters. The first kappa shape index (κ1) is 14.2. The zero-order valence-electron chi connectivity index (χ0n) is 11.8. The van der Waals surface area contributed by atoms with Gasteiger partial charge in [-0.3, -0.25) is 9.48 Å². The Balaban J connectivity index is 1.89. The highest BCUT2D eigenvalue weighted by atomic mass is 32.2. The molecule has 19 heavy (non-hydrogen) atoms. The maximum atomic E-state index is 12.0. The van der Waals surface area contributed by atoms with Crippen molar-refractivity contribution in [1.82, 2.24) is 15.1 Å². The summed E-state index contributed by atoms with van der Waals surface area (Å²) in [5, 5.41) is 7.29. The van der Waals surface area contributed by atoms with E-state index in [4.69, 9.17) is 5.73 Å². The monoisotopic (exact) mass is 282 g/mol. The molecule has 5 nitrogen and oxygen atoms in total. The van der Waals surface area contributed by atoms with Gasteiger partial charge >= 0.3 is 0 Å². The Kier molecular flexibility index (Phi) is 4.08. The van der Waals surface area contributed by atoms with Crippen LogP contribution in [0.15, 0.2) is 0 Å². The number of hydrogen-bond donors (Lipinski definition) is 2. The zero-order valence-corrected chi connectivity index (χ0v) is 12.6. The van der Waals surface area contributed by atoms with Crippen molar-refractivity contribution in [2.45, 2.75) is 44.4 Å². The lowest BCUT2D eigenvalue weighted by Crippen LogP contribution is -2.46. The van der Waals surface area contributed by atoms with Crippen LogP contribution in [-0.2, 0) is 11.3 Å². The topological polar surface area (TPSA) is 72.9 Å². The molecule has 1 aromatic rings. The van der Waals surface area contributed by atoms with Crippen LogP contribution in [0, 0.1) is 13.8 Å². The van der Waals surface area contributed by atoms with E-state index in [1.807, 2.05) is 25.6 Å². The minimum atomic E-state index is 0.00549. The standard InChI is InChI=1S/C13H22N4OS/c1-9-12(14)10(2)17(16-9)7-11(18)15-8-13(19-3)5-4-6-13/h4-8,14H2,1-3H3,(H,15,18). The molecule has 0 radical (unpaired) electrons. The lowest BCUT2D eigenvalue weighted by atomic mass is 9.84. The van der Waals surface area contributed by atoms with Crippen molar-refractivity contribution in [3.05, 3.63) is 11.4 Å². The van der Waals surface area contributed by atoms with Crippen LogP contribution < -0.4 is 11.1 Å². The molecule has 1 heterocycles. The molecular formula is C13H22N4OS. The first-order valence-corrected chi connectivity index (χ1v) is 7.81. The van der Waals surface area contributed by atoms with Crippen LogP contribution in [0.5, 0.6) is 0 Å². The third-order valence-electron chi connectivity index (χ3n) is 4.04. The quantitative estimate of drug-likeness (QED) is 0.858. The van der Waals surface area contributed by atoms with Crippen molar-refractivity contribution in [3.8, 4) is 0 Å². The Morgan fingerprint density at radius 2 is 2.21 bits per heavy atom. The van der Waals surface area contributed by atoms with Crippen molar-refractivity contribution in [2.75, 3.05) is 18.5 Å². The smallest absolute Gasteiger partial charge is 0.241 e. The third-order valence-corrected chi connectivity index (χ3v) is 5.45. The van der Waals surface area contributed by atoms with Crippen molar-refractivity contribution >= 4 is 23.4 Å². The Labute approximate surface area is 118 Å². The summed E-state index contributed by atoms with van der Waals surface area (Å²) in [6.45, 7) is 4.74. The van der Waals surface area contributed by atoms with Gasteiger partial charge in [0.15, 0.2) is 0 Å². The molecule has 0 bridgehead atoms. The van der Waals surface area contributed by atoms with Crippen molar-refractivity contribution in [3.63, 3.8) is 0 Å². The SMILES string of the molecule is CSC1(CNC(=O)Cn2nc(C)c(N)c2C)CCC1. The Bertz CT molecular complexity index is 474. The molecular weight excluding hydrogens is 260 g/mol. The van der Waals surface area contributed by atoms with E-state index >= 15 is 0 Å². The zero-order chi connectivity index (χ0) is 14.0. The molecule has 0 aromatic carbocycles. The van der Waals surface area contributed by atoms with Crippen LogP contribution in [0.4, 0.5) is 5.69 Å². The van der Waals surface area contributed by atoms with Gasteiger partial charge in [-0.25, -0.2) is 0 Å². The van der Waals surface area contributed by atoms with Crippen LogP contribution >= 0.6 is 11.8 Å². The van der Waals surface area contributed by atoms with E-state index in [9.17, 15) is 4.79 Å². The van der Waals surface area contributed by atoms with Gasteiger partial charge in [-0.05, 0) is 32.9 Å². The number of thioether (sulfide) groups is 1. The maximum Gasteiger partial charge on any atom is 0.241 e. The summed E-state index contributed by atoms with van der Waals surface area (Å²) in [5.41, 5.74) is 8.17. The summed E-state index contributed by atoms with van der Waals surface area (Å²) in [6, 6.07) is 0. The second-order valence-electron chi connectivity index (χ2n) is 5.26. The number of nitrogens with two attached hydrogens (primary N) is 1. The predicted octanol–water partition coefficient (Wildman–Crippen LogP) is 1.48. The average Bonchev–Trinajstić information content (AvgIpc) is 2.56. The fourth-order valence-electron chi connectivity index (χ4n) is 2.34. The summed E-state index contributed by atoms with van der Waals surface area (Å²) in [7, 11) is 0. The minimum absolute atomic E-state index is 0.00549. The number of aryl methyl sites for hydroxylation is 1. The van der Waals surface area contributed by atoms with E-state index < -0.39 is 0 Å². The van der Waals surface area contributed by atoms with Crippen molar-refractivity contribution in [1.29, 1.82) is 0 Å². The van der Waals surface area contributed by atoms with E-state index in [0.717, 1.165) is 17.9 Å². The van der Waals surface area contributed by atoms with Gasteiger partial charge in [-0.15, -0.1) is 0 Å². The molecule has 0 aliphatic heterocycles. The molecule has 0 atom stereocenters. The van der Waals surface area contributed by atoms with Gasteiger partial charge in [0.2, 0.25) is 5.91 Å². The van der Waals surface area contributed by atoms with E-state index in [1.165, 1.54) is 19.3 Å². The van der Waals surface area contributed by atoms with Crippen molar-refractivity contribution < 1.29 is 4.79 Å². The van der Waals surface area contributed by atoms with Gasteiger partial charge in [0.1, 0.15) is 6.54 Å². The van der Waals surface area contributed by atoms with E-state index in [1.54, 1.807) is 4.68 Å². The Hall–Kier alpha value is -1.17. The average molecular weight is 282 g/mol. The van der Waals surface area contributed by atoms with Gasteiger partial charge in [0.05, 0.1) is 17.1 Å². The molecule has 1 saturated carbocycles. The van der Waals surface area contributed by atoms with E-state index in [2.05, 4.69) is 16.7 Å². The number of nitrogens with zero attached hydrogens (tertiary/aromatic N) is 2. The highest BCUT2D eigenvalue weighted by Crippen LogP contribution is 2.42.